The molecule has 0 fully saturated rings. The van der Waals surface area contributed by atoms with Crippen molar-refractivity contribution in [2.75, 3.05) is 11.1 Å². The Morgan fingerprint density at radius 2 is 1.78 bits per heavy atom. The van der Waals surface area contributed by atoms with Crippen molar-refractivity contribution in [3.63, 3.8) is 0 Å². The number of nitrogens with one attached hydrogen (secondary N) is 1. The number of anilines is 3. The second-order valence-electron chi connectivity index (χ2n) is 4.14. The monoisotopic (exact) mass is 241 g/mol. The zero-order valence-corrected chi connectivity index (χ0v) is 10.1. The van der Waals surface area contributed by atoms with Gasteiger partial charge in [0.15, 0.2) is 0 Å². The number of rotatable bonds is 3. The smallest absolute Gasteiger partial charge is 0.248 e. The number of primary amides is 1. The number of carbonyl (C=O) groups excluding carboxylic acids is 1. The number of aryl methyl sites for hydroxylation is 1. The molecule has 0 heterocycles. The first-order valence-corrected chi connectivity index (χ1v) is 5.59. The summed E-state index contributed by atoms with van der Waals surface area (Å²) in [6.07, 6.45) is 0. The number of benzene rings is 2. The van der Waals surface area contributed by atoms with E-state index in [0.29, 0.717) is 5.56 Å². The first-order chi connectivity index (χ1) is 8.56. The first-order valence-electron chi connectivity index (χ1n) is 5.59. The zero-order valence-electron chi connectivity index (χ0n) is 10.1. The van der Waals surface area contributed by atoms with Gasteiger partial charge in [0.2, 0.25) is 5.91 Å². The lowest BCUT2D eigenvalue weighted by atomic mass is 10.1. The number of nitrogens with two attached hydrogens (primary N) is 2. The molecule has 0 aliphatic rings. The molecule has 4 heteroatoms. The van der Waals surface area contributed by atoms with E-state index in [2.05, 4.69) is 5.32 Å². The quantitative estimate of drug-likeness (QED) is 0.722. The Morgan fingerprint density at radius 3 is 2.33 bits per heavy atom. The maximum Gasteiger partial charge on any atom is 0.248 e. The van der Waals surface area contributed by atoms with Crippen molar-refractivity contribution in [3.05, 3.63) is 53.6 Å². The highest BCUT2D eigenvalue weighted by molar-refractivity contribution is 5.93. The van der Waals surface area contributed by atoms with Gasteiger partial charge < -0.3 is 16.8 Å². The van der Waals surface area contributed by atoms with Gasteiger partial charge in [-0.3, -0.25) is 4.79 Å². The molecule has 18 heavy (non-hydrogen) atoms. The predicted octanol–water partition coefficient (Wildman–Crippen LogP) is 2.42. The summed E-state index contributed by atoms with van der Waals surface area (Å²) in [5.74, 6) is -0.419. The van der Waals surface area contributed by atoms with Gasteiger partial charge in [-0.2, -0.15) is 0 Å². The molecular formula is C14H15N3O. The summed E-state index contributed by atoms with van der Waals surface area (Å²) in [4.78, 5) is 11.0. The topological polar surface area (TPSA) is 81.1 Å². The largest absolute Gasteiger partial charge is 0.399 e. The fourth-order valence-corrected chi connectivity index (χ4v) is 1.68. The van der Waals surface area contributed by atoms with Gasteiger partial charge in [-0.25, -0.2) is 0 Å². The summed E-state index contributed by atoms with van der Waals surface area (Å²) in [5, 5.41) is 3.26. The molecule has 0 unspecified atom stereocenters. The maximum absolute atomic E-state index is 11.0. The van der Waals surface area contributed by atoms with E-state index < -0.39 is 5.91 Å². The second-order valence-corrected chi connectivity index (χ2v) is 4.14. The Morgan fingerprint density at radius 1 is 1.11 bits per heavy atom. The Labute approximate surface area is 106 Å². The number of carbonyl (C=O) groups is 1. The van der Waals surface area contributed by atoms with Gasteiger partial charge in [-0.05, 0) is 55.0 Å². The summed E-state index contributed by atoms with van der Waals surface area (Å²) in [7, 11) is 0. The van der Waals surface area contributed by atoms with Crippen molar-refractivity contribution in [2.45, 2.75) is 6.92 Å². The first kappa shape index (κ1) is 12.0. The van der Waals surface area contributed by atoms with Gasteiger partial charge >= 0.3 is 0 Å². The van der Waals surface area contributed by atoms with Crippen LogP contribution in [0.2, 0.25) is 0 Å². The lowest BCUT2D eigenvalue weighted by molar-refractivity contribution is 0.100. The summed E-state index contributed by atoms with van der Waals surface area (Å²) in [6.45, 7) is 1.92. The standard InChI is InChI=1S/C14H15N3O/c1-9-8-10(14(16)18)2-7-13(9)17-12-5-3-11(15)4-6-12/h2-8,17H,15H2,1H3,(H2,16,18). The van der Waals surface area contributed by atoms with Crippen LogP contribution in [-0.2, 0) is 0 Å². The van der Waals surface area contributed by atoms with Gasteiger partial charge in [0.05, 0.1) is 0 Å². The molecule has 2 aromatic rings. The third-order valence-electron chi connectivity index (χ3n) is 2.70. The lowest BCUT2D eigenvalue weighted by Gasteiger charge is -2.10. The molecular weight excluding hydrogens is 226 g/mol. The SMILES string of the molecule is Cc1cc(C(N)=O)ccc1Nc1ccc(N)cc1. The van der Waals surface area contributed by atoms with Crippen LogP contribution in [0.3, 0.4) is 0 Å². The van der Waals surface area contributed by atoms with Crippen LogP contribution >= 0.6 is 0 Å². The van der Waals surface area contributed by atoms with Crippen LogP contribution < -0.4 is 16.8 Å². The van der Waals surface area contributed by atoms with Crippen molar-refractivity contribution < 1.29 is 4.79 Å². The van der Waals surface area contributed by atoms with Crippen LogP contribution in [0, 0.1) is 6.92 Å². The lowest BCUT2D eigenvalue weighted by Crippen LogP contribution is -2.11. The molecule has 0 saturated carbocycles. The summed E-state index contributed by atoms with van der Waals surface area (Å²) < 4.78 is 0. The van der Waals surface area contributed by atoms with E-state index in [1.807, 2.05) is 37.3 Å². The third kappa shape index (κ3) is 2.60. The fraction of sp³-hybridized carbons (Fsp3) is 0.0714. The van der Waals surface area contributed by atoms with Gasteiger partial charge in [0.1, 0.15) is 0 Å². The van der Waals surface area contributed by atoms with Crippen molar-refractivity contribution in [2.24, 2.45) is 5.73 Å². The molecule has 4 nitrogen and oxygen atoms in total. The molecule has 0 spiro atoms. The van der Waals surface area contributed by atoms with Gasteiger partial charge in [-0.1, -0.05) is 0 Å². The molecule has 0 aliphatic heterocycles. The highest BCUT2D eigenvalue weighted by Gasteiger charge is 2.04. The van der Waals surface area contributed by atoms with Crippen molar-refractivity contribution in [1.82, 2.24) is 0 Å². The van der Waals surface area contributed by atoms with E-state index in [1.54, 1.807) is 12.1 Å². The average Bonchev–Trinajstić information content (AvgIpc) is 2.34. The minimum atomic E-state index is -0.419. The number of nitrogen functional groups attached to an aromatic ring is 1. The van der Waals surface area contributed by atoms with E-state index in [4.69, 9.17) is 11.5 Å². The van der Waals surface area contributed by atoms with Crippen LogP contribution in [-0.4, -0.2) is 5.91 Å². The average molecular weight is 241 g/mol. The Bertz CT molecular complexity index is 576. The van der Waals surface area contributed by atoms with E-state index in [9.17, 15) is 4.79 Å². The molecule has 0 atom stereocenters. The number of hydrogen-bond donors (Lipinski definition) is 3. The van der Waals surface area contributed by atoms with Gasteiger partial charge in [0.25, 0.3) is 0 Å². The van der Waals surface area contributed by atoms with Crippen LogP contribution in [0.1, 0.15) is 15.9 Å². The highest BCUT2D eigenvalue weighted by atomic mass is 16.1. The molecule has 1 amide bonds. The van der Waals surface area contributed by atoms with E-state index in [1.165, 1.54) is 0 Å². The maximum atomic E-state index is 11.0. The minimum Gasteiger partial charge on any atom is -0.399 e. The van der Waals surface area contributed by atoms with Crippen LogP contribution in [0.5, 0.6) is 0 Å². The van der Waals surface area contributed by atoms with E-state index in [0.717, 1.165) is 22.6 Å². The molecule has 5 N–H and O–H groups in total. The number of hydrogen-bond acceptors (Lipinski definition) is 3. The summed E-state index contributed by atoms with van der Waals surface area (Å²) in [5.41, 5.74) is 14.9. The fourth-order valence-electron chi connectivity index (χ4n) is 1.68. The normalized spacial score (nSPS) is 10.1. The molecule has 0 saturated heterocycles. The van der Waals surface area contributed by atoms with E-state index in [-0.39, 0.29) is 0 Å². The van der Waals surface area contributed by atoms with Crippen molar-refractivity contribution in [3.8, 4) is 0 Å². The van der Waals surface area contributed by atoms with Gasteiger partial charge in [-0.15, -0.1) is 0 Å². The Balaban J connectivity index is 2.24. The Hall–Kier alpha value is -2.49. The second kappa shape index (κ2) is 4.79. The third-order valence-corrected chi connectivity index (χ3v) is 2.70. The molecule has 2 aromatic carbocycles. The summed E-state index contributed by atoms with van der Waals surface area (Å²) >= 11 is 0. The molecule has 2 rings (SSSR count). The van der Waals surface area contributed by atoms with Crippen molar-refractivity contribution >= 4 is 23.0 Å². The molecule has 0 bridgehead atoms. The summed E-state index contributed by atoms with van der Waals surface area (Å²) in [6, 6.07) is 12.8. The molecule has 0 radical (unpaired) electrons. The number of amides is 1. The minimum absolute atomic E-state index is 0.419. The molecule has 0 aromatic heterocycles. The van der Waals surface area contributed by atoms with Crippen LogP contribution in [0.15, 0.2) is 42.5 Å². The predicted molar refractivity (Wildman–Crippen MR) is 73.8 cm³/mol. The Kier molecular flexibility index (Phi) is 3.19. The molecule has 92 valence electrons. The van der Waals surface area contributed by atoms with E-state index >= 15 is 0 Å². The van der Waals surface area contributed by atoms with Gasteiger partial charge in [0, 0.05) is 22.6 Å². The highest BCUT2D eigenvalue weighted by Crippen LogP contribution is 2.22. The van der Waals surface area contributed by atoms with Crippen molar-refractivity contribution in [1.29, 1.82) is 0 Å². The molecule has 0 aliphatic carbocycles. The zero-order chi connectivity index (χ0) is 13.1. The van der Waals surface area contributed by atoms with Crippen LogP contribution in [0.4, 0.5) is 17.1 Å². The van der Waals surface area contributed by atoms with Crippen LogP contribution in [0.25, 0.3) is 0 Å².